The Morgan fingerprint density at radius 2 is 2.44 bits per heavy atom. The zero-order valence-corrected chi connectivity index (χ0v) is 5.78. The van der Waals surface area contributed by atoms with Gasteiger partial charge in [0.1, 0.15) is 0 Å². The molecule has 1 atom stereocenters. The highest BCUT2D eigenvalue weighted by Gasteiger charge is 2.09. The highest BCUT2D eigenvalue weighted by atomic mass is 35.5. The largest absolute Gasteiger partial charge is 0.361 e. The molecule has 0 aromatic rings. The predicted octanol–water partition coefficient (Wildman–Crippen LogP) is -0.0798. The van der Waals surface area contributed by atoms with Gasteiger partial charge in [0.2, 0.25) is 0 Å². The van der Waals surface area contributed by atoms with Gasteiger partial charge < -0.3 is 10.1 Å². The van der Waals surface area contributed by atoms with Crippen molar-refractivity contribution < 1.29 is 4.74 Å². The van der Waals surface area contributed by atoms with Crippen LogP contribution >= 0.6 is 12.4 Å². The molecule has 0 radical (unpaired) electrons. The summed E-state index contributed by atoms with van der Waals surface area (Å²) >= 11 is 0. The Kier molecular flexibility index (Phi) is 4.41. The van der Waals surface area contributed by atoms with Crippen LogP contribution in [-0.4, -0.2) is 25.8 Å². The lowest BCUT2D eigenvalue weighted by molar-refractivity contribution is 0.0638. The van der Waals surface area contributed by atoms with Crippen LogP contribution in [0, 0.1) is 11.3 Å². The Balaban J connectivity index is 0.000000640. The zero-order chi connectivity index (χ0) is 5.82. The van der Waals surface area contributed by atoms with Crippen LogP contribution in [0.2, 0.25) is 0 Å². The molecule has 0 aromatic heterocycles. The predicted molar refractivity (Wildman–Crippen MR) is 35.5 cm³/mol. The normalized spacial score (nSPS) is 25.9. The summed E-state index contributed by atoms with van der Waals surface area (Å²) < 4.78 is 5.00. The van der Waals surface area contributed by atoms with E-state index >= 15 is 0 Å². The van der Waals surface area contributed by atoms with Gasteiger partial charge in [0.15, 0.2) is 6.10 Å². The molecule has 52 valence electrons. The summed E-state index contributed by atoms with van der Waals surface area (Å²) in [6, 6.07) is 2.02. The second-order valence-electron chi connectivity index (χ2n) is 1.69. The molecule has 0 amide bonds. The van der Waals surface area contributed by atoms with Crippen LogP contribution < -0.4 is 5.32 Å². The number of hydrogen-bond donors (Lipinski definition) is 1. The second kappa shape index (κ2) is 4.57. The Hall–Kier alpha value is -0.300. The maximum atomic E-state index is 8.28. The van der Waals surface area contributed by atoms with Crippen molar-refractivity contribution in [2.45, 2.75) is 6.10 Å². The Morgan fingerprint density at radius 1 is 1.67 bits per heavy atom. The van der Waals surface area contributed by atoms with Crippen LogP contribution in [0.3, 0.4) is 0 Å². The summed E-state index contributed by atoms with van der Waals surface area (Å²) in [6.07, 6.45) is -0.219. The van der Waals surface area contributed by atoms with Crippen LogP contribution in [0.5, 0.6) is 0 Å². The molecule has 1 aliphatic rings. The summed E-state index contributed by atoms with van der Waals surface area (Å²) in [5.41, 5.74) is 0. The van der Waals surface area contributed by atoms with E-state index in [0.29, 0.717) is 13.2 Å². The molecule has 1 fully saturated rings. The summed E-state index contributed by atoms with van der Waals surface area (Å²) in [5.74, 6) is 0. The molecule has 0 aliphatic carbocycles. The maximum Gasteiger partial charge on any atom is 0.156 e. The van der Waals surface area contributed by atoms with E-state index < -0.39 is 0 Å². The van der Waals surface area contributed by atoms with E-state index in [-0.39, 0.29) is 18.5 Å². The van der Waals surface area contributed by atoms with Gasteiger partial charge in [-0.25, -0.2) is 0 Å². The van der Waals surface area contributed by atoms with E-state index in [2.05, 4.69) is 5.32 Å². The monoisotopic (exact) mass is 148 g/mol. The number of rotatable bonds is 0. The van der Waals surface area contributed by atoms with E-state index in [4.69, 9.17) is 10.00 Å². The molecule has 3 nitrogen and oxygen atoms in total. The summed E-state index contributed by atoms with van der Waals surface area (Å²) in [7, 11) is 0. The minimum atomic E-state index is -0.219. The van der Waals surface area contributed by atoms with Gasteiger partial charge in [0.05, 0.1) is 12.7 Å². The average molecular weight is 149 g/mol. The fourth-order valence-electron chi connectivity index (χ4n) is 0.648. The van der Waals surface area contributed by atoms with Gasteiger partial charge >= 0.3 is 0 Å². The number of ether oxygens (including phenoxy) is 1. The first-order chi connectivity index (χ1) is 3.93. The third-order valence-electron chi connectivity index (χ3n) is 1.07. The van der Waals surface area contributed by atoms with Gasteiger partial charge in [-0.15, -0.1) is 12.4 Å². The fourth-order valence-corrected chi connectivity index (χ4v) is 0.648. The molecule has 1 saturated heterocycles. The van der Waals surface area contributed by atoms with Gasteiger partial charge in [-0.2, -0.15) is 5.26 Å². The molecular formula is C5H9ClN2O. The van der Waals surface area contributed by atoms with Crippen molar-refractivity contribution in [3.8, 4) is 6.07 Å². The van der Waals surface area contributed by atoms with E-state index in [1.54, 1.807) is 0 Å². The standard InChI is InChI=1S/C5H8N2O.ClH/c6-3-5-4-7-1-2-8-5;/h5,7H,1-2,4H2;1H/t5-;/m1./s1. The van der Waals surface area contributed by atoms with Gasteiger partial charge in [0, 0.05) is 13.1 Å². The van der Waals surface area contributed by atoms with Crippen molar-refractivity contribution in [1.29, 1.82) is 5.26 Å². The summed E-state index contributed by atoms with van der Waals surface area (Å²) in [6.45, 7) is 2.22. The summed E-state index contributed by atoms with van der Waals surface area (Å²) in [5, 5.41) is 11.3. The Bertz CT molecular complexity index is 106. The van der Waals surface area contributed by atoms with Crippen LogP contribution in [-0.2, 0) is 4.74 Å². The SMILES string of the molecule is Cl.N#C[C@@H]1CNCCO1. The minimum absolute atomic E-state index is 0. The van der Waals surface area contributed by atoms with Gasteiger partial charge in [-0.1, -0.05) is 0 Å². The number of hydrogen-bond acceptors (Lipinski definition) is 3. The van der Waals surface area contributed by atoms with Gasteiger partial charge in [-0.3, -0.25) is 0 Å². The first-order valence-electron chi connectivity index (χ1n) is 2.65. The third-order valence-corrected chi connectivity index (χ3v) is 1.07. The molecule has 1 aliphatic heterocycles. The number of nitrogens with zero attached hydrogens (tertiary/aromatic N) is 1. The molecule has 0 aromatic carbocycles. The number of halogens is 1. The number of nitriles is 1. The van der Waals surface area contributed by atoms with Crippen LogP contribution in [0.4, 0.5) is 0 Å². The zero-order valence-electron chi connectivity index (χ0n) is 4.96. The lowest BCUT2D eigenvalue weighted by Gasteiger charge is -2.16. The van der Waals surface area contributed by atoms with Crippen molar-refractivity contribution in [2.24, 2.45) is 0 Å². The Labute approximate surface area is 60.4 Å². The summed E-state index contributed by atoms with van der Waals surface area (Å²) in [4.78, 5) is 0. The Morgan fingerprint density at radius 3 is 2.78 bits per heavy atom. The molecular weight excluding hydrogens is 140 g/mol. The van der Waals surface area contributed by atoms with Gasteiger partial charge in [-0.05, 0) is 0 Å². The molecule has 9 heavy (non-hydrogen) atoms. The first-order valence-corrected chi connectivity index (χ1v) is 2.65. The van der Waals surface area contributed by atoms with Gasteiger partial charge in [0.25, 0.3) is 0 Å². The second-order valence-corrected chi connectivity index (χ2v) is 1.69. The molecule has 1 heterocycles. The molecule has 0 unspecified atom stereocenters. The molecule has 0 saturated carbocycles. The molecule has 0 bridgehead atoms. The van der Waals surface area contributed by atoms with E-state index in [1.165, 1.54) is 0 Å². The average Bonchev–Trinajstić information content (AvgIpc) is 1.90. The van der Waals surface area contributed by atoms with Crippen LogP contribution in [0.1, 0.15) is 0 Å². The molecule has 4 heteroatoms. The minimum Gasteiger partial charge on any atom is -0.361 e. The fraction of sp³-hybridized carbons (Fsp3) is 0.800. The lowest BCUT2D eigenvalue weighted by Crippen LogP contribution is -2.37. The highest BCUT2D eigenvalue weighted by molar-refractivity contribution is 5.85. The van der Waals surface area contributed by atoms with E-state index in [1.807, 2.05) is 6.07 Å². The number of morpholine rings is 1. The van der Waals surface area contributed by atoms with Crippen molar-refractivity contribution in [3.05, 3.63) is 0 Å². The quantitative estimate of drug-likeness (QED) is 0.523. The molecule has 0 spiro atoms. The maximum absolute atomic E-state index is 8.28. The lowest BCUT2D eigenvalue weighted by atomic mass is 10.3. The smallest absolute Gasteiger partial charge is 0.156 e. The number of nitrogens with one attached hydrogen (secondary N) is 1. The van der Waals surface area contributed by atoms with Crippen LogP contribution in [0.25, 0.3) is 0 Å². The molecule has 1 N–H and O–H groups in total. The van der Waals surface area contributed by atoms with Crippen molar-refractivity contribution in [3.63, 3.8) is 0 Å². The van der Waals surface area contributed by atoms with E-state index in [0.717, 1.165) is 6.54 Å². The molecule has 1 rings (SSSR count). The first kappa shape index (κ1) is 8.70. The van der Waals surface area contributed by atoms with Crippen molar-refractivity contribution in [2.75, 3.05) is 19.7 Å². The van der Waals surface area contributed by atoms with E-state index in [9.17, 15) is 0 Å². The topological polar surface area (TPSA) is 45.0 Å². The highest BCUT2D eigenvalue weighted by Crippen LogP contribution is 1.91. The van der Waals surface area contributed by atoms with Crippen LogP contribution in [0.15, 0.2) is 0 Å². The third kappa shape index (κ3) is 2.66. The van der Waals surface area contributed by atoms with Crippen molar-refractivity contribution >= 4 is 12.4 Å². The van der Waals surface area contributed by atoms with Crippen molar-refractivity contribution in [1.82, 2.24) is 5.32 Å².